The molecule has 0 aliphatic carbocycles. The Morgan fingerprint density at radius 2 is 1.86 bits per heavy atom. The number of rotatable bonds is 3. The number of halogens is 3. The van der Waals surface area contributed by atoms with Gasteiger partial charge in [0.1, 0.15) is 0 Å². The number of alkyl halides is 3. The molecule has 0 radical (unpaired) electrons. The molecule has 110 valence electrons. The summed E-state index contributed by atoms with van der Waals surface area (Å²) < 4.78 is 39.0. The molecule has 6 heteroatoms. The van der Waals surface area contributed by atoms with E-state index in [9.17, 15) is 18.0 Å². The fourth-order valence-electron chi connectivity index (χ4n) is 1.76. The molecule has 2 nitrogen and oxygen atoms in total. The third kappa shape index (κ3) is 3.78. The maximum Gasteiger partial charge on any atom is 0.417 e. The lowest BCUT2D eigenvalue weighted by molar-refractivity contribution is -0.139. The first-order valence-electron chi connectivity index (χ1n) is 6.03. The van der Waals surface area contributed by atoms with Crippen molar-refractivity contribution in [3.05, 3.63) is 53.6 Å². The van der Waals surface area contributed by atoms with Crippen LogP contribution in [-0.4, -0.2) is 5.78 Å². The zero-order valence-corrected chi connectivity index (χ0v) is 11.9. The van der Waals surface area contributed by atoms with Gasteiger partial charge in [-0.25, -0.2) is 0 Å². The second-order valence-electron chi connectivity index (χ2n) is 4.44. The number of hydrogen-bond acceptors (Lipinski definition) is 3. The zero-order chi connectivity index (χ0) is 15.6. The fourth-order valence-corrected chi connectivity index (χ4v) is 2.77. The van der Waals surface area contributed by atoms with Crippen LogP contribution in [0.1, 0.15) is 22.8 Å². The van der Waals surface area contributed by atoms with Crippen molar-refractivity contribution >= 4 is 23.2 Å². The summed E-state index contributed by atoms with van der Waals surface area (Å²) in [5.74, 6) is -0.134. The number of anilines is 1. The van der Waals surface area contributed by atoms with Gasteiger partial charge in [0.05, 0.1) is 5.56 Å². The van der Waals surface area contributed by atoms with Gasteiger partial charge in [0.15, 0.2) is 5.78 Å². The minimum Gasteiger partial charge on any atom is -0.399 e. The van der Waals surface area contributed by atoms with Gasteiger partial charge in [-0.05, 0) is 37.3 Å². The van der Waals surface area contributed by atoms with E-state index >= 15 is 0 Å². The van der Waals surface area contributed by atoms with E-state index in [1.54, 1.807) is 24.3 Å². The molecule has 0 fully saturated rings. The van der Waals surface area contributed by atoms with Crippen LogP contribution < -0.4 is 5.73 Å². The number of carbonyl (C=O) groups excluding carboxylic acids is 1. The van der Waals surface area contributed by atoms with E-state index in [2.05, 4.69) is 0 Å². The smallest absolute Gasteiger partial charge is 0.399 e. The Kier molecular flexibility index (Phi) is 4.27. The fraction of sp³-hybridized carbons (Fsp3) is 0.133. The molecule has 0 spiro atoms. The Morgan fingerprint density at radius 1 is 1.14 bits per heavy atom. The topological polar surface area (TPSA) is 43.1 Å². The second-order valence-corrected chi connectivity index (χ2v) is 5.55. The van der Waals surface area contributed by atoms with Gasteiger partial charge < -0.3 is 5.73 Å². The van der Waals surface area contributed by atoms with Crippen LogP contribution in [0, 0.1) is 0 Å². The number of nitrogen functional groups attached to an aromatic ring is 1. The Labute approximate surface area is 124 Å². The summed E-state index contributed by atoms with van der Waals surface area (Å²) in [5.41, 5.74) is 5.17. The van der Waals surface area contributed by atoms with E-state index in [4.69, 9.17) is 5.73 Å². The molecule has 0 saturated carbocycles. The summed E-state index contributed by atoms with van der Waals surface area (Å²) in [6.07, 6.45) is -4.48. The summed E-state index contributed by atoms with van der Waals surface area (Å²) in [4.78, 5) is 11.9. The number of ketones is 1. The first-order valence-corrected chi connectivity index (χ1v) is 6.84. The van der Waals surface area contributed by atoms with Crippen molar-refractivity contribution in [1.82, 2.24) is 0 Å². The molecule has 0 amide bonds. The number of nitrogens with two attached hydrogens (primary N) is 1. The molecule has 2 aromatic rings. The van der Waals surface area contributed by atoms with Gasteiger partial charge in [-0.3, -0.25) is 4.79 Å². The van der Waals surface area contributed by atoms with Gasteiger partial charge in [0.25, 0.3) is 0 Å². The SMILES string of the molecule is CC(=O)c1cccc(Sc2ccc(N)cc2C(F)(F)F)c1. The highest BCUT2D eigenvalue weighted by atomic mass is 32.2. The van der Waals surface area contributed by atoms with Crippen molar-refractivity contribution < 1.29 is 18.0 Å². The van der Waals surface area contributed by atoms with Crippen LogP contribution >= 0.6 is 11.8 Å². The Bertz CT molecular complexity index is 683. The summed E-state index contributed by atoms with van der Waals surface area (Å²) in [6, 6.07) is 10.2. The van der Waals surface area contributed by atoms with Gasteiger partial charge in [-0.2, -0.15) is 13.2 Å². The predicted octanol–water partition coefficient (Wildman–Crippen LogP) is 4.64. The molecule has 0 aliphatic rings. The predicted molar refractivity (Wildman–Crippen MR) is 76.4 cm³/mol. The van der Waals surface area contributed by atoms with Crippen molar-refractivity contribution in [2.45, 2.75) is 22.9 Å². The van der Waals surface area contributed by atoms with Gasteiger partial charge in [-0.1, -0.05) is 23.9 Å². The van der Waals surface area contributed by atoms with Crippen LogP contribution in [-0.2, 0) is 6.18 Å². The van der Waals surface area contributed by atoms with Crippen molar-refractivity contribution in [2.75, 3.05) is 5.73 Å². The van der Waals surface area contributed by atoms with Crippen LogP contribution in [0.25, 0.3) is 0 Å². The van der Waals surface area contributed by atoms with E-state index in [-0.39, 0.29) is 16.4 Å². The van der Waals surface area contributed by atoms with E-state index in [1.807, 2.05) is 0 Å². The maximum absolute atomic E-state index is 13.0. The van der Waals surface area contributed by atoms with Gasteiger partial charge in [0.2, 0.25) is 0 Å². The highest BCUT2D eigenvalue weighted by Crippen LogP contribution is 2.40. The molecule has 0 heterocycles. The summed E-state index contributed by atoms with van der Waals surface area (Å²) in [6.45, 7) is 1.41. The summed E-state index contributed by atoms with van der Waals surface area (Å²) in [7, 11) is 0. The second kappa shape index (κ2) is 5.81. The molecule has 21 heavy (non-hydrogen) atoms. The Morgan fingerprint density at radius 3 is 2.48 bits per heavy atom. The van der Waals surface area contributed by atoms with Gasteiger partial charge >= 0.3 is 6.18 Å². The van der Waals surface area contributed by atoms with Crippen molar-refractivity contribution in [2.24, 2.45) is 0 Å². The minimum atomic E-state index is -4.48. The lowest BCUT2D eigenvalue weighted by Gasteiger charge is -2.13. The van der Waals surface area contributed by atoms with Crippen molar-refractivity contribution in [1.29, 1.82) is 0 Å². The van der Waals surface area contributed by atoms with E-state index in [0.29, 0.717) is 10.5 Å². The molecule has 0 atom stereocenters. The van der Waals surface area contributed by atoms with Crippen LogP contribution in [0.4, 0.5) is 18.9 Å². The molecule has 0 saturated heterocycles. The standard InChI is InChI=1S/C15H12F3NOS/c1-9(20)10-3-2-4-12(7-10)21-14-6-5-11(19)8-13(14)15(16,17)18/h2-8H,19H2,1H3. The normalized spacial score (nSPS) is 11.4. The lowest BCUT2D eigenvalue weighted by atomic mass is 10.2. The first kappa shape index (κ1) is 15.4. The third-order valence-electron chi connectivity index (χ3n) is 2.78. The van der Waals surface area contributed by atoms with Gasteiger partial charge in [0, 0.05) is 21.0 Å². The molecule has 2 N–H and O–H groups in total. The number of benzene rings is 2. The highest BCUT2D eigenvalue weighted by Gasteiger charge is 2.33. The maximum atomic E-state index is 13.0. The molecule has 0 unspecified atom stereocenters. The van der Waals surface area contributed by atoms with Crippen LogP contribution in [0.5, 0.6) is 0 Å². The molecule has 0 aromatic heterocycles. The van der Waals surface area contributed by atoms with E-state index < -0.39 is 11.7 Å². The highest BCUT2D eigenvalue weighted by molar-refractivity contribution is 7.99. The van der Waals surface area contributed by atoms with Crippen LogP contribution in [0.2, 0.25) is 0 Å². The molecule has 0 aliphatic heterocycles. The van der Waals surface area contributed by atoms with E-state index in [1.165, 1.54) is 19.1 Å². The Hall–Kier alpha value is -1.95. The molecular weight excluding hydrogens is 299 g/mol. The number of carbonyl (C=O) groups is 1. The molecule has 0 bridgehead atoms. The van der Waals surface area contributed by atoms with Gasteiger partial charge in [-0.15, -0.1) is 0 Å². The average Bonchev–Trinajstić information content (AvgIpc) is 2.40. The molecule has 2 aromatic carbocycles. The average molecular weight is 311 g/mol. The summed E-state index contributed by atoms with van der Waals surface area (Å²) >= 11 is 0.954. The Balaban J connectivity index is 2.40. The zero-order valence-electron chi connectivity index (χ0n) is 11.1. The number of hydrogen-bond donors (Lipinski definition) is 1. The largest absolute Gasteiger partial charge is 0.417 e. The summed E-state index contributed by atoms with van der Waals surface area (Å²) in [5, 5.41) is 0. The lowest BCUT2D eigenvalue weighted by Crippen LogP contribution is -2.07. The minimum absolute atomic E-state index is 0.0532. The van der Waals surface area contributed by atoms with Crippen LogP contribution in [0.3, 0.4) is 0 Å². The molecule has 2 rings (SSSR count). The third-order valence-corrected chi connectivity index (χ3v) is 3.84. The molecular formula is C15H12F3NOS. The van der Waals surface area contributed by atoms with E-state index in [0.717, 1.165) is 17.8 Å². The monoisotopic (exact) mass is 311 g/mol. The number of Topliss-reactive ketones (excluding diaryl/α,β-unsaturated/α-hetero) is 1. The van der Waals surface area contributed by atoms with Crippen molar-refractivity contribution in [3.8, 4) is 0 Å². The first-order chi connectivity index (χ1) is 9.77. The van der Waals surface area contributed by atoms with Crippen molar-refractivity contribution in [3.63, 3.8) is 0 Å². The quantitative estimate of drug-likeness (QED) is 0.663. The van der Waals surface area contributed by atoms with Crippen LogP contribution in [0.15, 0.2) is 52.3 Å².